The van der Waals surface area contributed by atoms with Gasteiger partial charge in [0.1, 0.15) is 11.6 Å². The number of phenolic OH excluding ortho intramolecular Hbond substituents is 1. The highest BCUT2D eigenvalue weighted by atomic mass is 35.5. The highest BCUT2D eigenvalue weighted by molar-refractivity contribution is 6.31. The molecule has 0 bridgehead atoms. The molecule has 2 rings (SSSR count). The van der Waals surface area contributed by atoms with Crippen molar-refractivity contribution in [2.75, 3.05) is 10.8 Å². The third-order valence-corrected chi connectivity index (χ3v) is 3.35. The summed E-state index contributed by atoms with van der Waals surface area (Å²) in [7, 11) is 0. The molecule has 0 saturated heterocycles. The molecule has 3 nitrogen and oxygen atoms in total. The van der Waals surface area contributed by atoms with Crippen molar-refractivity contribution < 1.29 is 9.90 Å². The molecule has 0 aliphatic carbocycles. The van der Waals surface area contributed by atoms with E-state index in [9.17, 15) is 9.90 Å². The Morgan fingerprint density at radius 1 is 1.10 bits per heavy atom. The van der Waals surface area contributed by atoms with E-state index >= 15 is 0 Å². The van der Waals surface area contributed by atoms with Crippen LogP contribution in [0.25, 0.3) is 0 Å². The highest BCUT2D eigenvalue weighted by Gasteiger charge is 2.16. The van der Waals surface area contributed by atoms with Crippen molar-refractivity contribution in [2.45, 2.75) is 6.54 Å². The number of halogens is 2. The number of phenols is 1. The van der Waals surface area contributed by atoms with Crippen molar-refractivity contribution in [3.05, 3.63) is 59.1 Å². The van der Waals surface area contributed by atoms with Crippen molar-refractivity contribution in [2.24, 2.45) is 0 Å². The van der Waals surface area contributed by atoms with Gasteiger partial charge in [0.2, 0.25) is 5.91 Å². The number of benzene rings is 2. The number of hydrogen-bond acceptors (Lipinski definition) is 2. The third kappa shape index (κ3) is 3.44. The summed E-state index contributed by atoms with van der Waals surface area (Å²) in [6, 6.07) is 13.8. The van der Waals surface area contributed by atoms with Gasteiger partial charge in [-0.2, -0.15) is 0 Å². The topological polar surface area (TPSA) is 40.5 Å². The number of carbonyl (C=O) groups is 1. The van der Waals surface area contributed by atoms with Crippen LogP contribution >= 0.6 is 23.2 Å². The van der Waals surface area contributed by atoms with Crippen LogP contribution in [0.15, 0.2) is 48.5 Å². The Balaban J connectivity index is 2.31. The molecule has 1 amide bonds. The maximum atomic E-state index is 12.0. The molecule has 20 heavy (non-hydrogen) atoms. The van der Waals surface area contributed by atoms with Gasteiger partial charge in [-0.25, -0.2) is 0 Å². The number of aromatic hydroxyl groups is 1. The van der Waals surface area contributed by atoms with E-state index in [2.05, 4.69) is 0 Å². The zero-order valence-electron chi connectivity index (χ0n) is 10.6. The number of anilines is 1. The van der Waals surface area contributed by atoms with E-state index in [1.807, 2.05) is 0 Å². The summed E-state index contributed by atoms with van der Waals surface area (Å²) in [4.78, 5) is 13.5. The van der Waals surface area contributed by atoms with Gasteiger partial charge in [-0.05, 0) is 30.3 Å². The van der Waals surface area contributed by atoms with Crippen LogP contribution in [0.3, 0.4) is 0 Å². The molecule has 1 N–H and O–H groups in total. The van der Waals surface area contributed by atoms with E-state index in [4.69, 9.17) is 23.2 Å². The van der Waals surface area contributed by atoms with Crippen LogP contribution in [0.2, 0.25) is 5.02 Å². The fourth-order valence-electron chi connectivity index (χ4n) is 1.83. The molecule has 0 aliphatic rings. The first-order valence-corrected chi connectivity index (χ1v) is 6.92. The van der Waals surface area contributed by atoms with Gasteiger partial charge in [0, 0.05) is 16.3 Å². The zero-order valence-corrected chi connectivity index (χ0v) is 12.1. The van der Waals surface area contributed by atoms with Crippen molar-refractivity contribution >= 4 is 34.8 Å². The van der Waals surface area contributed by atoms with Crippen LogP contribution < -0.4 is 4.90 Å². The molecule has 104 valence electrons. The summed E-state index contributed by atoms with van der Waals surface area (Å²) in [6.45, 7) is 0.250. The fraction of sp³-hybridized carbons (Fsp3) is 0.133. The largest absolute Gasteiger partial charge is 0.508 e. The predicted molar refractivity (Wildman–Crippen MR) is 81.5 cm³/mol. The normalized spacial score (nSPS) is 10.3. The first-order chi connectivity index (χ1) is 9.61. The first-order valence-electron chi connectivity index (χ1n) is 6.00. The molecule has 0 heterocycles. The Morgan fingerprint density at radius 2 is 1.75 bits per heavy atom. The molecule has 0 unspecified atom stereocenters. The lowest BCUT2D eigenvalue weighted by Gasteiger charge is -2.22. The summed E-state index contributed by atoms with van der Waals surface area (Å²) in [5, 5.41) is 10.4. The Bertz CT molecular complexity index is 599. The molecule has 0 atom stereocenters. The number of para-hydroxylation sites is 1. The monoisotopic (exact) mass is 309 g/mol. The van der Waals surface area contributed by atoms with Crippen LogP contribution in [0.4, 0.5) is 5.69 Å². The molecule has 0 aromatic heterocycles. The number of alkyl halides is 1. The second-order valence-electron chi connectivity index (χ2n) is 4.22. The first kappa shape index (κ1) is 14.7. The fourth-order valence-corrected chi connectivity index (χ4v) is 2.10. The van der Waals surface area contributed by atoms with Crippen LogP contribution in [-0.2, 0) is 11.3 Å². The zero-order chi connectivity index (χ0) is 14.5. The van der Waals surface area contributed by atoms with E-state index < -0.39 is 0 Å². The SMILES string of the molecule is O=C(CCl)N(Cc1ccccc1O)c1ccc(Cl)cc1. The second-order valence-corrected chi connectivity index (χ2v) is 4.92. The second kappa shape index (κ2) is 6.64. The van der Waals surface area contributed by atoms with Crippen molar-refractivity contribution in [1.82, 2.24) is 0 Å². The van der Waals surface area contributed by atoms with Gasteiger partial charge >= 0.3 is 0 Å². The lowest BCUT2D eigenvalue weighted by Crippen LogP contribution is -2.31. The Morgan fingerprint density at radius 3 is 2.35 bits per heavy atom. The highest BCUT2D eigenvalue weighted by Crippen LogP contribution is 2.24. The lowest BCUT2D eigenvalue weighted by atomic mass is 10.1. The van der Waals surface area contributed by atoms with Crippen LogP contribution in [0.5, 0.6) is 5.75 Å². The maximum absolute atomic E-state index is 12.0. The summed E-state index contributed by atoms with van der Waals surface area (Å²) >= 11 is 11.5. The Hall–Kier alpha value is -1.71. The number of hydrogen-bond donors (Lipinski definition) is 1. The van der Waals surface area contributed by atoms with Crippen LogP contribution in [0, 0.1) is 0 Å². The van der Waals surface area contributed by atoms with Gasteiger partial charge in [-0.3, -0.25) is 4.79 Å². The maximum Gasteiger partial charge on any atom is 0.242 e. The summed E-state index contributed by atoms with van der Waals surface area (Å²) < 4.78 is 0. The number of nitrogens with zero attached hydrogens (tertiary/aromatic N) is 1. The van der Waals surface area contributed by atoms with Crippen molar-refractivity contribution in [1.29, 1.82) is 0 Å². The van der Waals surface area contributed by atoms with E-state index in [1.165, 1.54) is 4.90 Å². The summed E-state index contributed by atoms with van der Waals surface area (Å²) in [5.74, 6) is -0.220. The third-order valence-electron chi connectivity index (χ3n) is 2.87. The number of rotatable bonds is 4. The molecule has 2 aromatic rings. The van der Waals surface area contributed by atoms with Gasteiger partial charge in [-0.1, -0.05) is 29.8 Å². The van der Waals surface area contributed by atoms with E-state index in [1.54, 1.807) is 48.5 Å². The molecule has 2 aromatic carbocycles. The average molecular weight is 310 g/mol. The van der Waals surface area contributed by atoms with Crippen molar-refractivity contribution in [3.63, 3.8) is 0 Å². The summed E-state index contributed by atoms with van der Waals surface area (Å²) in [6.07, 6.45) is 0. The van der Waals surface area contributed by atoms with E-state index in [-0.39, 0.29) is 24.1 Å². The van der Waals surface area contributed by atoms with Crippen LogP contribution in [-0.4, -0.2) is 16.9 Å². The van der Waals surface area contributed by atoms with Gasteiger partial charge in [0.25, 0.3) is 0 Å². The van der Waals surface area contributed by atoms with Gasteiger partial charge in [0.05, 0.1) is 6.54 Å². The molecule has 0 aliphatic heterocycles. The van der Waals surface area contributed by atoms with Crippen molar-refractivity contribution in [3.8, 4) is 5.75 Å². The smallest absolute Gasteiger partial charge is 0.242 e. The molecule has 0 spiro atoms. The number of amides is 1. The predicted octanol–water partition coefficient (Wildman–Crippen LogP) is 3.82. The molecule has 0 radical (unpaired) electrons. The van der Waals surface area contributed by atoms with E-state index in [0.717, 1.165) is 0 Å². The molecular formula is C15H13Cl2NO2. The molecule has 5 heteroatoms. The Kier molecular flexibility index (Phi) is 4.88. The minimum absolute atomic E-state index is 0.129. The summed E-state index contributed by atoms with van der Waals surface area (Å²) in [5.41, 5.74) is 1.34. The average Bonchev–Trinajstić information content (AvgIpc) is 2.47. The molecular weight excluding hydrogens is 297 g/mol. The van der Waals surface area contributed by atoms with Gasteiger partial charge < -0.3 is 10.0 Å². The standard InChI is InChI=1S/C15H13Cl2NO2/c16-9-15(20)18(13-7-5-12(17)6-8-13)10-11-3-1-2-4-14(11)19/h1-8,19H,9-10H2. The van der Waals surface area contributed by atoms with E-state index in [0.29, 0.717) is 16.3 Å². The van der Waals surface area contributed by atoms with Gasteiger partial charge in [0.15, 0.2) is 0 Å². The van der Waals surface area contributed by atoms with Crippen LogP contribution in [0.1, 0.15) is 5.56 Å². The Labute approximate surface area is 127 Å². The lowest BCUT2D eigenvalue weighted by molar-refractivity contribution is -0.116. The quantitative estimate of drug-likeness (QED) is 0.872. The molecule has 0 fully saturated rings. The molecule has 0 saturated carbocycles. The number of carbonyl (C=O) groups excluding carboxylic acids is 1. The minimum Gasteiger partial charge on any atom is -0.508 e. The minimum atomic E-state index is -0.239. The van der Waals surface area contributed by atoms with Gasteiger partial charge in [-0.15, -0.1) is 11.6 Å².